The van der Waals surface area contributed by atoms with E-state index in [0.29, 0.717) is 18.6 Å². The smallest absolute Gasteiger partial charge is 0.317 e. The predicted octanol–water partition coefficient (Wildman–Crippen LogP) is 2.08. The largest absolute Gasteiger partial charge is 0.334 e. The van der Waals surface area contributed by atoms with Gasteiger partial charge in [0.2, 0.25) is 0 Å². The lowest BCUT2D eigenvalue weighted by molar-refractivity contribution is 0.199. The van der Waals surface area contributed by atoms with E-state index in [1.54, 1.807) is 4.90 Å². The van der Waals surface area contributed by atoms with Gasteiger partial charge in [-0.2, -0.15) is 0 Å². The van der Waals surface area contributed by atoms with Crippen LogP contribution in [-0.2, 0) is 0 Å². The average molecular weight is 253 g/mol. The van der Waals surface area contributed by atoms with Crippen LogP contribution in [-0.4, -0.2) is 54.1 Å². The number of rotatable bonds is 5. The van der Waals surface area contributed by atoms with E-state index in [-0.39, 0.29) is 6.03 Å². The maximum Gasteiger partial charge on any atom is 0.317 e. The van der Waals surface area contributed by atoms with Crippen molar-refractivity contribution < 1.29 is 4.79 Å². The molecule has 1 unspecified atom stereocenters. The van der Waals surface area contributed by atoms with E-state index in [9.17, 15) is 4.79 Å². The van der Waals surface area contributed by atoms with E-state index < -0.39 is 0 Å². The zero-order valence-corrected chi connectivity index (χ0v) is 12.2. The summed E-state index contributed by atoms with van der Waals surface area (Å²) in [6.07, 6.45) is 1.05. The molecule has 4 heteroatoms. The summed E-state index contributed by atoms with van der Waals surface area (Å²) in [6.45, 7) is 15.6. The summed E-state index contributed by atoms with van der Waals surface area (Å²) in [6, 6.07) is 0.889. The number of amides is 2. The quantitative estimate of drug-likeness (QED) is 0.761. The Morgan fingerprint density at radius 1 is 1.56 bits per heavy atom. The fraction of sp³-hybridized carbons (Fsp3) is 0.786. The molecule has 0 aliphatic carbocycles. The molecule has 1 fully saturated rings. The molecule has 18 heavy (non-hydrogen) atoms. The lowest BCUT2D eigenvalue weighted by Gasteiger charge is -2.25. The van der Waals surface area contributed by atoms with Crippen LogP contribution in [0.4, 0.5) is 4.79 Å². The van der Waals surface area contributed by atoms with E-state index in [4.69, 9.17) is 0 Å². The van der Waals surface area contributed by atoms with Crippen LogP contribution in [0.25, 0.3) is 0 Å². The molecule has 1 atom stereocenters. The second-order valence-electron chi connectivity index (χ2n) is 5.50. The summed E-state index contributed by atoms with van der Waals surface area (Å²) in [7, 11) is 0. The maximum absolute atomic E-state index is 12.1. The van der Waals surface area contributed by atoms with E-state index in [0.717, 1.165) is 31.6 Å². The normalized spacial score (nSPS) is 20.2. The van der Waals surface area contributed by atoms with Gasteiger partial charge in [-0.1, -0.05) is 12.2 Å². The number of carbonyl (C=O) groups excluding carboxylic acids is 1. The summed E-state index contributed by atoms with van der Waals surface area (Å²) in [5, 5.41) is 3.12. The Kier molecular flexibility index (Phi) is 5.66. The molecule has 0 bridgehead atoms. The highest BCUT2D eigenvalue weighted by atomic mass is 16.2. The van der Waals surface area contributed by atoms with Gasteiger partial charge in [-0.25, -0.2) is 4.79 Å². The maximum atomic E-state index is 12.1. The zero-order chi connectivity index (χ0) is 13.7. The van der Waals surface area contributed by atoms with E-state index in [1.807, 2.05) is 13.8 Å². The van der Waals surface area contributed by atoms with Gasteiger partial charge < -0.3 is 10.2 Å². The number of nitrogens with zero attached hydrogens (tertiary/aromatic N) is 2. The second kappa shape index (κ2) is 6.78. The first kappa shape index (κ1) is 15.0. The molecule has 4 nitrogen and oxygen atoms in total. The van der Waals surface area contributed by atoms with Gasteiger partial charge in [0.25, 0.3) is 0 Å². The predicted molar refractivity (Wildman–Crippen MR) is 75.7 cm³/mol. The molecule has 0 aromatic rings. The lowest BCUT2D eigenvalue weighted by Crippen LogP contribution is -2.46. The van der Waals surface area contributed by atoms with Crippen molar-refractivity contribution >= 4 is 6.03 Å². The van der Waals surface area contributed by atoms with E-state index >= 15 is 0 Å². The third kappa shape index (κ3) is 4.33. The topological polar surface area (TPSA) is 35.6 Å². The summed E-state index contributed by atoms with van der Waals surface area (Å²) in [5.41, 5.74) is 1.02. The van der Waals surface area contributed by atoms with Gasteiger partial charge in [0.15, 0.2) is 0 Å². The molecule has 0 spiro atoms. The molecule has 1 rings (SSSR count). The molecule has 104 valence electrons. The first-order chi connectivity index (χ1) is 8.43. The average Bonchev–Trinajstić information content (AvgIpc) is 2.74. The highest BCUT2D eigenvalue weighted by Crippen LogP contribution is 2.12. The molecule has 0 radical (unpaired) electrons. The van der Waals surface area contributed by atoms with Gasteiger partial charge >= 0.3 is 6.03 Å². The Morgan fingerprint density at radius 2 is 2.22 bits per heavy atom. The standard InChI is InChI=1S/C14H27N3O/c1-6-16(9-11(2)3)14(18)15-13-7-8-17(10-13)12(4)5/h12-13H,2,6-10H2,1,3-5H3,(H,15,18). The van der Waals surface area contributed by atoms with Crippen molar-refractivity contribution in [1.82, 2.24) is 15.1 Å². The number of urea groups is 1. The van der Waals surface area contributed by atoms with Gasteiger partial charge in [0.1, 0.15) is 0 Å². The Hall–Kier alpha value is -1.03. The summed E-state index contributed by atoms with van der Waals surface area (Å²) in [5.74, 6) is 0. The van der Waals surface area contributed by atoms with Crippen LogP contribution in [0.15, 0.2) is 12.2 Å². The van der Waals surface area contributed by atoms with Crippen molar-refractivity contribution in [3.8, 4) is 0 Å². The number of likely N-dealkylation sites (tertiary alicyclic amines) is 1. The van der Waals surface area contributed by atoms with Gasteiger partial charge in [-0.05, 0) is 34.1 Å². The van der Waals surface area contributed by atoms with Crippen molar-refractivity contribution in [1.29, 1.82) is 0 Å². The van der Waals surface area contributed by atoms with E-state index in [1.165, 1.54) is 0 Å². The highest BCUT2D eigenvalue weighted by molar-refractivity contribution is 5.74. The number of carbonyl (C=O) groups is 1. The Bertz CT molecular complexity index is 301. The van der Waals surface area contributed by atoms with Crippen LogP contribution in [0.5, 0.6) is 0 Å². The van der Waals surface area contributed by atoms with Crippen molar-refractivity contribution in [2.24, 2.45) is 0 Å². The van der Waals surface area contributed by atoms with Gasteiger partial charge in [-0.3, -0.25) is 4.90 Å². The first-order valence-corrected chi connectivity index (χ1v) is 6.87. The molecule has 1 N–H and O–H groups in total. The molecular formula is C14H27N3O. The summed E-state index contributed by atoms with van der Waals surface area (Å²) in [4.78, 5) is 16.3. The molecule has 1 aliphatic heterocycles. The zero-order valence-electron chi connectivity index (χ0n) is 12.2. The molecule has 1 heterocycles. The number of hydrogen-bond donors (Lipinski definition) is 1. The molecule has 1 saturated heterocycles. The fourth-order valence-electron chi connectivity index (χ4n) is 2.29. The third-order valence-corrected chi connectivity index (χ3v) is 3.41. The van der Waals surface area contributed by atoms with Crippen molar-refractivity contribution in [3.05, 3.63) is 12.2 Å². The minimum atomic E-state index is 0.0381. The molecule has 2 amide bonds. The third-order valence-electron chi connectivity index (χ3n) is 3.41. The van der Waals surface area contributed by atoms with Crippen LogP contribution >= 0.6 is 0 Å². The first-order valence-electron chi connectivity index (χ1n) is 6.87. The summed E-state index contributed by atoms with van der Waals surface area (Å²) >= 11 is 0. The minimum Gasteiger partial charge on any atom is -0.334 e. The Morgan fingerprint density at radius 3 is 2.67 bits per heavy atom. The van der Waals surface area contributed by atoms with Crippen molar-refractivity contribution in [2.45, 2.75) is 46.2 Å². The Balaban J connectivity index is 2.42. The minimum absolute atomic E-state index is 0.0381. The van der Waals surface area contributed by atoms with E-state index in [2.05, 4.69) is 30.6 Å². The van der Waals surface area contributed by atoms with Crippen molar-refractivity contribution in [2.75, 3.05) is 26.2 Å². The lowest BCUT2D eigenvalue weighted by atomic mass is 10.2. The van der Waals surface area contributed by atoms with Gasteiger partial charge in [0, 0.05) is 38.3 Å². The molecule has 0 aromatic carbocycles. The van der Waals surface area contributed by atoms with Crippen LogP contribution in [0.3, 0.4) is 0 Å². The SMILES string of the molecule is C=C(C)CN(CC)C(=O)NC1CCN(C(C)C)C1. The van der Waals surface area contributed by atoms with Gasteiger partial charge in [-0.15, -0.1) is 0 Å². The number of nitrogens with one attached hydrogen (secondary N) is 1. The Labute approximate surface area is 111 Å². The fourth-order valence-corrected chi connectivity index (χ4v) is 2.29. The van der Waals surface area contributed by atoms with Crippen molar-refractivity contribution in [3.63, 3.8) is 0 Å². The van der Waals surface area contributed by atoms with Crippen LogP contribution in [0.2, 0.25) is 0 Å². The number of hydrogen-bond acceptors (Lipinski definition) is 2. The molecular weight excluding hydrogens is 226 g/mol. The van der Waals surface area contributed by atoms with Crippen LogP contribution in [0.1, 0.15) is 34.1 Å². The second-order valence-corrected chi connectivity index (χ2v) is 5.50. The number of likely N-dealkylation sites (N-methyl/N-ethyl adjacent to an activating group) is 1. The highest BCUT2D eigenvalue weighted by Gasteiger charge is 2.26. The summed E-state index contributed by atoms with van der Waals surface area (Å²) < 4.78 is 0. The monoisotopic (exact) mass is 253 g/mol. The van der Waals surface area contributed by atoms with Crippen LogP contribution in [0, 0.1) is 0 Å². The molecule has 1 aliphatic rings. The molecule has 0 aromatic heterocycles. The molecule has 0 saturated carbocycles. The van der Waals surface area contributed by atoms with Gasteiger partial charge in [0.05, 0.1) is 0 Å². The van der Waals surface area contributed by atoms with Crippen LogP contribution < -0.4 is 5.32 Å².